The molecule has 0 aliphatic heterocycles. The zero-order valence-electron chi connectivity index (χ0n) is 17.7. The summed E-state index contributed by atoms with van der Waals surface area (Å²) < 4.78 is 5.40. The Balaban J connectivity index is 0.000000416. The molecule has 0 aromatic heterocycles. The van der Waals surface area contributed by atoms with Crippen LogP contribution in [-0.2, 0) is 22.6 Å². The lowest BCUT2D eigenvalue weighted by atomic mass is 10.1. The van der Waals surface area contributed by atoms with E-state index in [1.165, 1.54) is 37.9 Å². The van der Waals surface area contributed by atoms with Crippen LogP contribution < -0.4 is 10.6 Å². The molecule has 0 radical (unpaired) electrons. The van der Waals surface area contributed by atoms with E-state index in [-0.39, 0.29) is 12.5 Å². The summed E-state index contributed by atoms with van der Waals surface area (Å²) in [5.41, 5.74) is 3.08. The molecule has 0 heterocycles. The lowest BCUT2D eigenvalue weighted by Gasteiger charge is -2.07. The molecule has 0 unspecified atom stereocenters. The molecule has 0 saturated heterocycles. The minimum atomic E-state index is -0.130. The smallest absolute Gasteiger partial charge is 0.250 e. The number of rotatable bonds is 11. The number of ether oxygens (including phenoxy) is 1. The van der Waals surface area contributed by atoms with Crippen molar-refractivity contribution in [1.29, 1.82) is 0 Å². The first kappa shape index (κ1) is 23.9. The molecule has 0 aliphatic rings. The average molecular weight is 385 g/mol. The van der Waals surface area contributed by atoms with Crippen molar-refractivity contribution in [3.8, 4) is 0 Å². The highest BCUT2D eigenvalue weighted by molar-refractivity contribution is 5.91. The first-order valence-corrected chi connectivity index (χ1v) is 10.4. The monoisotopic (exact) mass is 384 g/mol. The van der Waals surface area contributed by atoms with Crippen LogP contribution in [-0.4, -0.2) is 25.6 Å². The van der Waals surface area contributed by atoms with Gasteiger partial charge in [-0.3, -0.25) is 4.79 Å². The normalized spacial score (nSPS) is 10.1. The number of benzene rings is 2. The van der Waals surface area contributed by atoms with Crippen LogP contribution in [0.5, 0.6) is 0 Å². The number of unbranched alkanes of at least 4 members (excludes halogenated alkanes) is 1. The molecule has 4 nitrogen and oxygen atoms in total. The maximum absolute atomic E-state index is 11.8. The first-order valence-electron chi connectivity index (χ1n) is 10.4. The maximum Gasteiger partial charge on any atom is 0.250 e. The van der Waals surface area contributed by atoms with Crippen LogP contribution in [0.15, 0.2) is 54.6 Å². The fraction of sp³-hybridized carbons (Fsp3) is 0.458. The van der Waals surface area contributed by atoms with Crippen LogP contribution >= 0.6 is 0 Å². The molecule has 2 N–H and O–H groups in total. The highest BCUT2D eigenvalue weighted by atomic mass is 16.5. The zero-order valence-corrected chi connectivity index (χ0v) is 17.7. The molecular formula is C24H36N2O2. The van der Waals surface area contributed by atoms with E-state index in [1.54, 1.807) is 0 Å². The van der Waals surface area contributed by atoms with Gasteiger partial charge in [-0.05, 0) is 55.6 Å². The molecule has 0 atom stereocenters. The van der Waals surface area contributed by atoms with Gasteiger partial charge < -0.3 is 15.4 Å². The second-order valence-electron chi connectivity index (χ2n) is 6.68. The van der Waals surface area contributed by atoms with E-state index in [4.69, 9.17) is 4.74 Å². The molecule has 154 valence electrons. The number of hydrogen-bond acceptors (Lipinski definition) is 3. The number of nitrogens with one attached hydrogen (secondary N) is 2. The molecule has 0 fully saturated rings. The van der Waals surface area contributed by atoms with Gasteiger partial charge in [0.15, 0.2) is 0 Å². The van der Waals surface area contributed by atoms with Gasteiger partial charge in [0.1, 0.15) is 6.61 Å². The Kier molecular flexibility index (Phi) is 13.5. The fourth-order valence-corrected chi connectivity index (χ4v) is 2.51. The SMILES string of the molecule is CCCCNCCC.CCc1cccc(NC(=O)COCc2ccccc2)c1. The Morgan fingerprint density at radius 2 is 1.64 bits per heavy atom. The van der Waals surface area contributed by atoms with Crippen LogP contribution in [0.2, 0.25) is 0 Å². The van der Waals surface area contributed by atoms with Gasteiger partial charge in [0.2, 0.25) is 5.91 Å². The summed E-state index contributed by atoms with van der Waals surface area (Å²) in [6.45, 7) is 9.38. The lowest BCUT2D eigenvalue weighted by molar-refractivity contribution is -0.121. The molecule has 2 rings (SSSR count). The van der Waals surface area contributed by atoms with Gasteiger partial charge in [0, 0.05) is 5.69 Å². The highest BCUT2D eigenvalue weighted by Crippen LogP contribution is 2.11. The van der Waals surface area contributed by atoms with Crippen molar-refractivity contribution in [3.05, 3.63) is 65.7 Å². The predicted octanol–water partition coefficient (Wildman–Crippen LogP) is 5.19. The van der Waals surface area contributed by atoms with Gasteiger partial charge in [-0.2, -0.15) is 0 Å². The number of amides is 1. The largest absolute Gasteiger partial charge is 0.367 e. The molecule has 28 heavy (non-hydrogen) atoms. The van der Waals surface area contributed by atoms with Crippen LogP contribution in [0.3, 0.4) is 0 Å². The summed E-state index contributed by atoms with van der Waals surface area (Å²) in [5, 5.41) is 6.17. The highest BCUT2D eigenvalue weighted by Gasteiger charge is 2.03. The third-order valence-corrected chi connectivity index (χ3v) is 4.10. The van der Waals surface area contributed by atoms with Gasteiger partial charge >= 0.3 is 0 Å². The number of anilines is 1. The Hall–Kier alpha value is -2.17. The van der Waals surface area contributed by atoms with E-state index < -0.39 is 0 Å². The van der Waals surface area contributed by atoms with Crippen molar-refractivity contribution in [2.24, 2.45) is 0 Å². The average Bonchev–Trinajstić information content (AvgIpc) is 2.73. The quantitative estimate of drug-likeness (QED) is 0.524. The van der Waals surface area contributed by atoms with Crippen molar-refractivity contribution < 1.29 is 9.53 Å². The number of carbonyl (C=O) groups excluding carboxylic acids is 1. The van der Waals surface area contributed by atoms with E-state index in [0.29, 0.717) is 6.61 Å². The van der Waals surface area contributed by atoms with E-state index in [9.17, 15) is 4.79 Å². The molecule has 0 saturated carbocycles. The van der Waals surface area contributed by atoms with Crippen LogP contribution in [0, 0.1) is 0 Å². The summed E-state index contributed by atoms with van der Waals surface area (Å²) in [6, 6.07) is 17.7. The predicted molar refractivity (Wildman–Crippen MR) is 119 cm³/mol. The Morgan fingerprint density at radius 3 is 2.32 bits per heavy atom. The summed E-state index contributed by atoms with van der Waals surface area (Å²) in [6.07, 6.45) is 4.83. The molecule has 0 spiro atoms. The number of carbonyl (C=O) groups is 1. The molecule has 4 heteroatoms. The second-order valence-corrected chi connectivity index (χ2v) is 6.68. The third-order valence-electron chi connectivity index (χ3n) is 4.10. The Bertz CT molecular complexity index is 638. The minimum absolute atomic E-state index is 0.0608. The van der Waals surface area contributed by atoms with E-state index in [0.717, 1.165) is 17.7 Å². The van der Waals surface area contributed by atoms with E-state index in [1.807, 2.05) is 54.6 Å². The molecule has 0 aliphatic carbocycles. The van der Waals surface area contributed by atoms with Crippen molar-refractivity contribution >= 4 is 11.6 Å². The minimum Gasteiger partial charge on any atom is -0.367 e. The van der Waals surface area contributed by atoms with Gasteiger partial charge in [-0.25, -0.2) is 0 Å². The van der Waals surface area contributed by atoms with Gasteiger partial charge in [-0.15, -0.1) is 0 Å². The van der Waals surface area contributed by atoms with Crippen LogP contribution in [0.4, 0.5) is 5.69 Å². The molecule has 2 aromatic rings. The fourth-order valence-electron chi connectivity index (χ4n) is 2.51. The molecule has 2 aromatic carbocycles. The van der Waals surface area contributed by atoms with Gasteiger partial charge in [0.05, 0.1) is 6.61 Å². The van der Waals surface area contributed by atoms with Crippen molar-refractivity contribution in [2.75, 3.05) is 25.0 Å². The third kappa shape index (κ3) is 11.5. The van der Waals surface area contributed by atoms with E-state index in [2.05, 4.69) is 31.4 Å². The van der Waals surface area contributed by atoms with Gasteiger partial charge in [-0.1, -0.05) is 69.7 Å². The van der Waals surface area contributed by atoms with Crippen LogP contribution in [0.25, 0.3) is 0 Å². The first-order chi connectivity index (χ1) is 13.7. The molecule has 0 bridgehead atoms. The van der Waals surface area contributed by atoms with Crippen LogP contribution in [0.1, 0.15) is 51.2 Å². The maximum atomic E-state index is 11.8. The topological polar surface area (TPSA) is 50.4 Å². The second kappa shape index (κ2) is 15.8. The summed E-state index contributed by atoms with van der Waals surface area (Å²) in [4.78, 5) is 11.8. The summed E-state index contributed by atoms with van der Waals surface area (Å²) in [7, 11) is 0. The number of aryl methyl sites for hydroxylation is 1. The number of hydrogen-bond donors (Lipinski definition) is 2. The summed E-state index contributed by atoms with van der Waals surface area (Å²) >= 11 is 0. The molecular weight excluding hydrogens is 348 g/mol. The van der Waals surface area contributed by atoms with Crippen molar-refractivity contribution in [2.45, 2.75) is 53.1 Å². The standard InChI is InChI=1S/C17H19NO2.C7H17N/c1-2-14-9-6-10-16(11-14)18-17(19)13-20-12-15-7-4-3-5-8-15;1-3-5-7-8-6-4-2/h3-11H,2,12-13H2,1H3,(H,18,19);8H,3-7H2,1-2H3. The summed E-state index contributed by atoms with van der Waals surface area (Å²) in [5.74, 6) is -0.130. The van der Waals surface area contributed by atoms with Crippen molar-refractivity contribution in [3.63, 3.8) is 0 Å². The zero-order chi connectivity index (χ0) is 20.5. The van der Waals surface area contributed by atoms with Crippen molar-refractivity contribution in [1.82, 2.24) is 5.32 Å². The Labute approximate surface area is 170 Å². The molecule has 1 amide bonds. The van der Waals surface area contributed by atoms with Gasteiger partial charge in [0.25, 0.3) is 0 Å². The lowest BCUT2D eigenvalue weighted by Crippen LogP contribution is -2.18. The Morgan fingerprint density at radius 1 is 0.893 bits per heavy atom. The van der Waals surface area contributed by atoms with E-state index >= 15 is 0 Å².